The first-order chi connectivity index (χ1) is 15.9. The Hall–Kier alpha value is -2.42. The summed E-state index contributed by atoms with van der Waals surface area (Å²) in [5, 5.41) is 6.03. The summed E-state index contributed by atoms with van der Waals surface area (Å²) in [7, 11) is 0. The molecule has 0 radical (unpaired) electrons. The van der Waals surface area contributed by atoms with Crippen molar-refractivity contribution in [1.82, 2.24) is 24.6 Å². The highest BCUT2D eigenvalue weighted by Crippen LogP contribution is 2.35. The number of aromatic nitrogens is 3. The third-order valence-corrected chi connectivity index (χ3v) is 7.08. The van der Waals surface area contributed by atoms with Crippen LogP contribution >= 0.6 is 12.4 Å². The molecule has 1 saturated heterocycles. The predicted molar refractivity (Wildman–Crippen MR) is 136 cm³/mol. The monoisotopic (exact) mass is 487 g/mol. The van der Waals surface area contributed by atoms with E-state index in [-0.39, 0.29) is 30.0 Å². The van der Waals surface area contributed by atoms with Crippen molar-refractivity contribution >= 4 is 40.1 Å². The predicted octanol–water partition coefficient (Wildman–Crippen LogP) is 3.52. The minimum Gasteiger partial charge on any atom is -0.377 e. The SMILES string of the molecule is Cc1cc2[nH]c(=O)c3cnn(C4CCC4)c3c2cc1C(=O)N1CCN(CCOC(C)C)CC1.Cl. The van der Waals surface area contributed by atoms with Crippen LogP contribution in [0.5, 0.6) is 0 Å². The van der Waals surface area contributed by atoms with E-state index >= 15 is 0 Å². The lowest BCUT2D eigenvalue weighted by atomic mass is 9.93. The van der Waals surface area contributed by atoms with Gasteiger partial charge in [0, 0.05) is 43.7 Å². The van der Waals surface area contributed by atoms with Crippen molar-refractivity contribution in [3.05, 3.63) is 39.8 Å². The van der Waals surface area contributed by atoms with E-state index in [1.54, 1.807) is 6.20 Å². The number of carbonyl (C=O) groups is 1. The quantitative estimate of drug-likeness (QED) is 0.575. The summed E-state index contributed by atoms with van der Waals surface area (Å²) in [6.45, 7) is 10.8. The van der Waals surface area contributed by atoms with E-state index in [0.29, 0.717) is 30.1 Å². The van der Waals surface area contributed by atoms with Gasteiger partial charge in [-0.25, -0.2) is 0 Å². The van der Waals surface area contributed by atoms with E-state index in [2.05, 4.69) is 15.0 Å². The Labute approximate surface area is 205 Å². The van der Waals surface area contributed by atoms with Crippen LogP contribution in [0.15, 0.2) is 23.1 Å². The Bertz CT molecular complexity index is 1240. The summed E-state index contributed by atoms with van der Waals surface area (Å²) >= 11 is 0. The van der Waals surface area contributed by atoms with E-state index in [9.17, 15) is 9.59 Å². The van der Waals surface area contributed by atoms with Crippen LogP contribution in [0.3, 0.4) is 0 Å². The van der Waals surface area contributed by atoms with Crippen molar-refractivity contribution in [2.45, 2.75) is 52.2 Å². The van der Waals surface area contributed by atoms with Crippen LogP contribution in [-0.4, -0.2) is 75.9 Å². The van der Waals surface area contributed by atoms with E-state index in [1.807, 2.05) is 42.5 Å². The fraction of sp³-hybridized carbons (Fsp3) is 0.560. The first-order valence-electron chi connectivity index (χ1n) is 12.1. The van der Waals surface area contributed by atoms with Gasteiger partial charge in [-0.1, -0.05) is 0 Å². The number of ether oxygens (including phenoxy) is 1. The normalized spacial score (nSPS) is 17.4. The van der Waals surface area contributed by atoms with Crippen molar-refractivity contribution in [3.63, 3.8) is 0 Å². The second-order valence-electron chi connectivity index (χ2n) is 9.66. The number of hydrogen-bond acceptors (Lipinski definition) is 5. The molecule has 9 heteroatoms. The number of H-pyrrole nitrogens is 1. The van der Waals surface area contributed by atoms with Crippen LogP contribution in [0.2, 0.25) is 0 Å². The maximum atomic E-state index is 13.5. The van der Waals surface area contributed by atoms with Gasteiger partial charge < -0.3 is 14.6 Å². The molecule has 0 bridgehead atoms. The number of nitrogens with zero attached hydrogens (tertiary/aromatic N) is 4. The van der Waals surface area contributed by atoms with Crippen molar-refractivity contribution in [2.75, 3.05) is 39.3 Å². The molecule has 1 aromatic carbocycles. The lowest BCUT2D eigenvalue weighted by Crippen LogP contribution is -2.49. The van der Waals surface area contributed by atoms with Crippen molar-refractivity contribution in [1.29, 1.82) is 0 Å². The largest absolute Gasteiger partial charge is 0.377 e. The number of hydrogen-bond donors (Lipinski definition) is 1. The minimum atomic E-state index is -0.126. The molecule has 2 aliphatic rings. The molecule has 1 aliphatic heterocycles. The number of aryl methyl sites for hydroxylation is 1. The molecular weight excluding hydrogens is 454 g/mol. The van der Waals surface area contributed by atoms with E-state index < -0.39 is 0 Å². The van der Waals surface area contributed by atoms with Gasteiger partial charge in [-0.05, 0) is 57.7 Å². The van der Waals surface area contributed by atoms with E-state index in [0.717, 1.165) is 61.1 Å². The molecule has 1 N–H and O–H groups in total. The van der Waals surface area contributed by atoms with Crippen LogP contribution in [0.25, 0.3) is 21.8 Å². The number of piperazine rings is 1. The number of benzene rings is 1. The number of aromatic amines is 1. The van der Waals surface area contributed by atoms with Gasteiger partial charge in [-0.15, -0.1) is 12.4 Å². The summed E-state index contributed by atoms with van der Waals surface area (Å²) in [5.74, 6) is 0.0570. The van der Waals surface area contributed by atoms with E-state index in [4.69, 9.17) is 4.74 Å². The molecule has 0 atom stereocenters. The summed E-state index contributed by atoms with van der Waals surface area (Å²) in [6, 6.07) is 4.23. The van der Waals surface area contributed by atoms with Crippen molar-refractivity contribution in [2.24, 2.45) is 0 Å². The number of carbonyl (C=O) groups excluding carboxylic acids is 1. The number of fused-ring (bicyclic) bond motifs is 3. The Morgan fingerprint density at radius 1 is 1.18 bits per heavy atom. The standard InChI is InChI=1S/C25H33N5O3.ClH/c1-16(2)33-12-11-28-7-9-29(10-8-28)25(32)19-14-20-22(13-17(19)3)27-24(31)21-15-26-30(23(20)21)18-5-4-6-18;/h13-16,18H,4-12H2,1-3H3,(H,27,31);1H. The van der Waals surface area contributed by atoms with Crippen LogP contribution in [-0.2, 0) is 4.74 Å². The summed E-state index contributed by atoms with van der Waals surface area (Å²) in [5.41, 5.74) is 3.07. The molecule has 8 nitrogen and oxygen atoms in total. The van der Waals surface area contributed by atoms with Crippen LogP contribution in [0, 0.1) is 6.92 Å². The fourth-order valence-corrected chi connectivity index (χ4v) is 4.89. The maximum Gasteiger partial charge on any atom is 0.259 e. The third-order valence-electron chi connectivity index (χ3n) is 7.08. The third kappa shape index (κ3) is 4.59. The van der Waals surface area contributed by atoms with Crippen LogP contribution < -0.4 is 5.56 Å². The lowest BCUT2D eigenvalue weighted by molar-refractivity contribution is 0.0406. The summed E-state index contributed by atoms with van der Waals surface area (Å²) < 4.78 is 7.66. The Kier molecular flexibility index (Phi) is 7.31. The van der Waals surface area contributed by atoms with Crippen molar-refractivity contribution in [3.8, 4) is 0 Å². The molecule has 1 amide bonds. The molecular formula is C25H34ClN5O3. The van der Waals surface area contributed by atoms with Gasteiger partial charge in [0.15, 0.2) is 0 Å². The van der Waals surface area contributed by atoms with Crippen LogP contribution in [0.1, 0.15) is 55.1 Å². The Morgan fingerprint density at radius 2 is 1.91 bits per heavy atom. The number of amides is 1. The van der Waals surface area contributed by atoms with Gasteiger partial charge >= 0.3 is 0 Å². The highest BCUT2D eigenvalue weighted by Gasteiger charge is 2.26. The molecule has 0 unspecified atom stereocenters. The number of rotatable bonds is 6. The average Bonchev–Trinajstić information content (AvgIpc) is 3.17. The molecule has 1 saturated carbocycles. The number of pyridine rings is 1. The molecule has 2 aromatic heterocycles. The second kappa shape index (κ2) is 10.1. The molecule has 0 spiro atoms. The molecule has 184 valence electrons. The van der Waals surface area contributed by atoms with Gasteiger partial charge in [0.2, 0.25) is 0 Å². The highest BCUT2D eigenvalue weighted by atomic mass is 35.5. The topological polar surface area (TPSA) is 83.5 Å². The molecule has 3 heterocycles. The smallest absolute Gasteiger partial charge is 0.259 e. The minimum absolute atomic E-state index is 0. The van der Waals surface area contributed by atoms with Gasteiger partial charge in [-0.2, -0.15) is 5.10 Å². The molecule has 34 heavy (non-hydrogen) atoms. The maximum absolute atomic E-state index is 13.5. The number of nitrogens with one attached hydrogen (secondary N) is 1. The first kappa shape index (κ1) is 24.7. The molecule has 2 fully saturated rings. The number of halogens is 1. The van der Waals surface area contributed by atoms with Crippen LogP contribution in [0.4, 0.5) is 0 Å². The Morgan fingerprint density at radius 3 is 2.56 bits per heavy atom. The first-order valence-corrected chi connectivity index (χ1v) is 12.1. The highest BCUT2D eigenvalue weighted by molar-refractivity contribution is 6.07. The van der Waals surface area contributed by atoms with Gasteiger partial charge in [-0.3, -0.25) is 19.2 Å². The Balaban J connectivity index is 0.00000274. The van der Waals surface area contributed by atoms with Gasteiger partial charge in [0.25, 0.3) is 11.5 Å². The summed E-state index contributed by atoms with van der Waals surface area (Å²) in [6.07, 6.45) is 5.25. The zero-order valence-corrected chi connectivity index (χ0v) is 21.0. The molecule has 3 aromatic rings. The molecule has 5 rings (SSSR count). The summed E-state index contributed by atoms with van der Waals surface area (Å²) in [4.78, 5) is 33.4. The average molecular weight is 488 g/mol. The van der Waals surface area contributed by atoms with Gasteiger partial charge in [0.1, 0.15) is 0 Å². The zero-order valence-electron chi connectivity index (χ0n) is 20.2. The lowest BCUT2D eigenvalue weighted by Gasteiger charge is -2.35. The van der Waals surface area contributed by atoms with Crippen molar-refractivity contribution < 1.29 is 9.53 Å². The van der Waals surface area contributed by atoms with E-state index in [1.165, 1.54) is 6.42 Å². The fourth-order valence-electron chi connectivity index (χ4n) is 4.89. The zero-order chi connectivity index (χ0) is 23.1. The van der Waals surface area contributed by atoms with Gasteiger partial charge in [0.05, 0.1) is 41.4 Å². The molecule has 1 aliphatic carbocycles. The second-order valence-corrected chi connectivity index (χ2v) is 9.66.